The zero-order valence-electron chi connectivity index (χ0n) is 48.5. The second-order valence-corrected chi connectivity index (χ2v) is 22.6. The van der Waals surface area contributed by atoms with Gasteiger partial charge in [0, 0.05) is 45.0 Å². The minimum atomic E-state index is -4.35. The van der Waals surface area contributed by atoms with E-state index in [9.17, 15) is 46.2 Å². The number of carboxylic acids is 2. The average Bonchev–Trinajstić information content (AvgIpc) is 2.97. The van der Waals surface area contributed by atoms with E-state index in [1.165, 1.54) is 34.5 Å². The number of aliphatic carboxylic acids is 2. The van der Waals surface area contributed by atoms with Crippen molar-refractivity contribution in [2.24, 2.45) is 0 Å². The molecule has 0 saturated carbocycles. The number of fused-ring (bicyclic) bond motifs is 2. The van der Waals surface area contributed by atoms with E-state index in [2.05, 4.69) is 11.8 Å². The van der Waals surface area contributed by atoms with Crippen LogP contribution < -0.4 is 46.7 Å². The Hall–Kier alpha value is -7.90. The number of benzene rings is 6. The fourth-order valence-corrected chi connectivity index (χ4v) is 13.7. The normalized spacial score (nSPS) is 11.6. The Morgan fingerprint density at radius 2 is 0.866 bits per heavy atom. The van der Waals surface area contributed by atoms with Crippen LogP contribution in [0.4, 0.5) is 22.7 Å². The Kier molecular flexibility index (Phi) is 24.3. The van der Waals surface area contributed by atoms with Gasteiger partial charge in [0.15, 0.2) is 0 Å². The van der Waals surface area contributed by atoms with E-state index in [4.69, 9.17) is 31.8 Å². The maximum Gasteiger partial charge on any atom is 1.00 e. The van der Waals surface area contributed by atoms with Crippen LogP contribution in [0.25, 0.3) is 21.5 Å². The molecule has 0 amide bonds. The first kappa shape index (κ1) is 68.4. The van der Waals surface area contributed by atoms with Crippen LogP contribution in [0.5, 0.6) is 11.5 Å². The van der Waals surface area contributed by atoms with Crippen molar-refractivity contribution in [3.63, 3.8) is 0 Å². The van der Waals surface area contributed by atoms with Gasteiger partial charge in [0.1, 0.15) is 24.6 Å². The third-order valence-electron chi connectivity index (χ3n) is 13.9. The fourth-order valence-electron chi connectivity index (χ4n) is 9.81. The Bertz CT molecular complexity index is 3670. The van der Waals surface area contributed by atoms with E-state index in [0.717, 1.165) is 8.61 Å². The molecule has 0 spiro atoms. The van der Waals surface area contributed by atoms with Crippen molar-refractivity contribution in [3.8, 4) is 36.2 Å². The number of carboxylic acid groups (broad SMARTS) is 2. The zero-order chi connectivity index (χ0) is 59.6. The topological polar surface area (TPSA) is 257 Å². The van der Waals surface area contributed by atoms with Crippen LogP contribution in [0, 0.1) is 66.2 Å². The summed E-state index contributed by atoms with van der Waals surface area (Å²) in [5.41, 5.74) is 5.00. The number of rotatable bonds is 22. The molecule has 19 nitrogen and oxygen atoms in total. The molecule has 0 aliphatic carbocycles. The van der Waals surface area contributed by atoms with Crippen LogP contribution in [0.2, 0.25) is 0 Å². The van der Waals surface area contributed by atoms with Gasteiger partial charge in [0.25, 0.3) is 20.0 Å². The van der Waals surface area contributed by atoms with E-state index in [1.807, 2.05) is 24.0 Å². The Balaban J connectivity index is 0.000000420. The van der Waals surface area contributed by atoms with E-state index < -0.39 is 57.1 Å². The number of sulfonamides is 2. The van der Waals surface area contributed by atoms with Gasteiger partial charge in [-0.1, -0.05) is 60.4 Å². The SMILES string of the molecule is C#CCN(c1ccc(N(CC(=O)O)S(=O)(=O)c2c(C)cc(OC)c(C)c2C)c2ccccc12)[C@@H](C)CC(=O)O.C#CCN(c1ccc(N(CC(=O)OC)S(=O)(=O)c2c(C)cc(OC)c(C)c2C)c2ccccc12)[C@@H](C)CC(=O)OC.[Li+].[OH-]. The van der Waals surface area contributed by atoms with Crippen LogP contribution >= 0.6 is 0 Å². The van der Waals surface area contributed by atoms with Gasteiger partial charge in [-0.25, -0.2) is 16.8 Å². The third-order valence-corrected chi connectivity index (χ3v) is 18.0. The minimum absolute atomic E-state index is 0. The van der Waals surface area contributed by atoms with Crippen molar-refractivity contribution < 1.29 is 89.5 Å². The quantitative estimate of drug-likeness (QED) is 0.0468. The molecule has 0 fully saturated rings. The Morgan fingerprint density at radius 1 is 0.524 bits per heavy atom. The summed E-state index contributed by atoms with van der Waals surface area (Å²) in [5.74, 6) is 2.91. The first-order valence-electron chi connectivity index (χ1n) is 25.1. The molecular formula is C60H69LiN4O15S2. The number of terminal acetylenes is 2. The van der Waals surface area contributed by atoms with Crippen molar-refractivity contribution in [1.82, 2.24) is 0 Å². The Morgan fingerprint density at radius 3 is 1.20 bits per heavy atom. The van der Waals surface area contributed by atoms with Gasteiger partial charge in [-0.2, -0.15) is 0 Å². The number of ether oxygens (including phenoxy) is 4. The molecule has 2 atom stereocenters. The standard InChI is InChI=1S/C31H36N2O7S.C29H32N2O7S.Li.H2O/c1-9-16-32(21(3)18-29(34)39-7)26-14-15-27(25-13-11-10-12-24(25)26)33(19-30(35)40-8)41(36,37)31-20(2)17-28(38-6)22(4)23(31)5;1-7-14-30(19(3)16-27(32)33)24-12-13-25(23-11-9-8-10-22(23)24)31(17-28(34)35)39(36,37)29-18(2)15-26(38-6)20(4)21(29)5;;/h1,10-15,17,21H,16,18-19H2,2-8H3;1,8-13,15,19H,14,16-17H2,2-6H3,(H,32,33)(H,34,35);;1H2/q;;+1;/p-1/t21-;19-;;/m00../s1. The van der Waals surface area contributed by atoms with Crippen LogP contribution in [-0.2, 0) is 48.7 Å². The van der Waals surface area contributed by atoms with Crippen LogP contribution in [0.15, 0.2) is 94.7 Å². The zero-order valence-corrected chi connectivity index (χ0v) is 50.1. The number of nitrogens with zero attached hydrogens (tertiary/aromatic N) is 4. The summed E-state index contributed by atoms with van der Waals surface area (Å²) in [6.07, 6.45) is 11.2. The predicted octanol–water partition coefficient (Wildman–Crippen LogP) is 5.72. The first-order valence-corrected chi connectivity index (χ1v) is 28.0. The summed E-state index contributed by atoms with van der Waals surface area (Å²) in [4.78, 5) is 51.8. The molecule has 3 N–H and O–H groups in total. The number of hydrogen-bond acceptors (Lipinski definition) is 15. The van der Waals surface area contributed by atoms with Gasteiger partial charge in [0.05, 0.1) is 75.5 Å². The molecule has 432 valence electrons. The van der Waals surface area contributed by atoms with Gasteiger partial charge >= 0.3 is 42.7 Å². The molecule has 0 heterocycles. The van der Waals surface area contributed by atoms with Crippen molar-refractivity contribution in [1.29, 1.82) is 0 Å². The summed E-state index contributed by atoms with van der Waals surface area (Å²) in [7, 11) is -3.05. The van der Waals surface area contributed by atoms with Gasteiger partial charge < -0.3 is 44.4 Å². The number of methoxy groups -OCH3 is 4. The number of hydrogen-bond donors (Lipinski definition) is 2. The number of anilines is 4. The van der Waals surface area contributed by atoms with E-state index in [0.29, 0.717) is 83.5 Å². The van der Waals surface area contributed by atoms with Crippen LogP contribution in [0.1, 0.15) is 60.1 Å². The summed E-state index contributed by atoms with van der Waals surface area (Å²) in [6.45, 7) is 12.8. The minimum Gasteiger partial charge on any atom is -0.870 e. The van der Waals surface area contributed by atoms with Crippen LogP contribution in [0.3, 0.4) is 0 Å². The summed E-state index contributed by atoms with van der Waals surface area (Å²) < 4.78 is 79.7. The molecule has 0 saturated heterocycles. The number of esters is 2. The van der Waals surface area contributed by atoms with Gasteiger partial charge in [-0.05, 0) is 125 Å². The molecule has 0 aliphatic rings. The van der Waals surface area contributed by atoms with E-state index >= 15 is 0 Å². The fraction of sp³-hybridized carbons (Fsp3) is 0.333. The Labute approximate surface area is 492 Å². The molecule has 0 aromatic heterocycles. The molecule has 6 rings (SSSR count). The summed E-state index contributed by atoms with van der Waals surface area (Å²) in [6, 6.07) is 23.3. The molecule has 22 heteroatoms. The largest absolute Gasteiger partial charge is 1.00 e. The maximum absolute atomic E-state index is 14.4. The average molecular weight is 1160 g/mol. The number of carbonyl (C=O) groups excluding carboxylic acids is 2. The molecule has 6 aromatic carbocycles. The van der Waals surface area contributed by atoms with E-state index in [-0.39, 0.29) is 77.8 Å². The van der Waals surface area contributed by atoms with Gasteiger partial charge in [-0.3, -0.25) is 27.8 Å². The predicted molar refractivity (Wildman–Crippen MR) is 313 cm³/mol. The molecule has 6 aromatic rings. The van der Waals surface area contributed by atoms with Crippen LogP contribution in [-0.4, -0.2) is 123 Å². The third kappa shape index (κ3) is 14.6. The monoisotopic (exact) mass is 1160 g/mol. The first-order chi connectivity index (χ1) is 37.8. The molecule has 0 unspecified atom stereocenters. The van der Waals surface area contributed by atoms with Gasteiger partial charge in [0.2, 0.25) is 0 Å². The van der Waals surface area contributed by atoms with Gasteiger partial charge in [-0.15, -0.1) is 12.8 Å². The van der Waals surface area contributed by atoms with E-state index in [1.54, 1.807) is 120 Å². The smallest absolute Gasteiger partial charge is 0.870 e. The molecular weight excluding hydrogens is 1090 g/mol. The summed E-state index contributed by atoms with van der Waals surface area (Å²) >= 11 is 0. The molecule has 82 heavy (non-hydrogen) atoms. The summed E-state index contributed by atoms with van der Waals surface area (Å²) in [5, 5.41) is 21.5. The van der Waals surface area contributed by atoms with Crippen molar-refractivity contribution in [3.05, 3.63) is 118 Å². The molecule has 0 bridgehead atoms. The second kappa shape index (κ2) is 29.2. The maximum atomic E-state index is 14.4. The molecule has 0 aliphatic heterocycles. The van der Waals surface area contributed by atoms with Crippen molar-refractivity contribution in [2.75, 3.05) is 73.0 Å². The molecule has 0 radical (unpaired) electrons. The van der Waals surface area contributed by atoms with Crippen molar-refractivity contribution in [2.45, 2.75) is 90.1 Å². The van der Waals surface area contributed by atoms with Crippen molar-refractivity contribution >= 4 is 88.2 Å². The number of carbonyl (C=O) groups is 4. The second-order valence-electron chi connectivity index (χ2n) is 19.0. The number of aryl methyl sites for hydroxylation is 2.